The Bertz CT molecular complexity index is 902. The lowest BCUT2D eigenvalue weighted by Crippen LogP contribution is -2.17. The minimum atomic E-state index is -0.344. The minimum absolute atomic E-state index is 0.344. The standard InChI is InChI=1S/C23H29IN2O5/c1-5-10-30-19-9-8-17(14-20(19)29-7-3)23(27)26-25-15-16-12-18(24)22(31-11-6-2)21(13-16)28-4/h8-9,12-15H,5-7,10-11H2,1-4H3,(H,26,27)/b25-15+. The second-order valence-corrected chi connectivity index (χ2v) is 7.69. The van der Waals surface area contributed by atoms with E-state index in [1.165, 1.54) is 0 Å². The lowest BCUT2D eigenvalue weighted by molar-refractivity contribution is 0.0954. The first kappa shape index (κ1) is 24.8. The van der Waals surface area contributed by atoms with Crippen LogP contribution in [0.5, 0.6) is 23.0 Å². The first-order valence-electron chi connectivity index (χ1n) is 10.3. The molecular weight excluding hydrogens is 511 g/mol. The van der Waals surface area contributed by atoms with Gasteiger partial charge < -0.3 is 18.9 Å². The number of carbonyl (C=O) groups is 1. The molecule has 8 heteroatoms. The fraction of sp³-hybridized carbons (Fsp3) is 0.391. The van der Waals surface area contributed by atoms with E-state index in [1.54, 1.807) is 31.5 Å². The molecule has 7 nitrogen and oxygen atoms in total. The van der Waals surface area contributed by atoms with Crippen molar-refractivity contribution < 1.29 is 23.7 Å². The van der Waals surface area contributed by atoms with Crippen LogP contribution in [0.3, 0.4) is 0 Å². The van der Waals surface area contributed by atoms with Crippen LogP contribution < -0.4 is 24.4 Å². The van der Waals surface area contributed by atoms with E-state index in [1.807, 2.05) is 32.9 Å². The van der Waals surface area contributed by atoms with Gasteiger partial charge in [-0.2, -0.15) is 5.10 Å². The van der Waals surface area contributed by atoms with Gasteiger partial charge in [-0.05, 0) is 78.3 Å². The average molecular weight is 540 g/mol. The molecule has 0 aliphatic rings. The number of benzene rings is 2. The van der Waals surface area contributed by atoms with Gasteiger partial charge in [0, 0.05) is 5.56 Å². The van der Waals surface area contributed by atoms with Gasteiger partial charge in [-0.1, -0.05) is 13.8 Å². The Morgan fingerprint density at radius 2 is 1.74 bits per heavy atom. The monoisotopic (exact) mass is 540 g/mol. The van der Waals surface area contributed by atoms with Crippen molar-refractivity contribution in [2.24, 2.45) is 5.10 Å². The maximum absolute atomic E-state index is 12.5. The molecule has 0 fully saturated rings. The average Bonchev–Trinajstić information content (AvgIpc) is 2.77. The van der Waals surface area contributed by atoms with Crippen LogP contribution in [0, 0.1) is 3.57 Å². The Morgan fingerprint density at radius 3 is 2.42 bits per heavy atom. The highest BCUT2D eigenvalue weighted by Gasteiger charge is 2.13. The predicted molar refractivity (Wildman–Crippen MR) is 130 cm³/mol. The van der Waals surface area contributed by atoms with Crippen LogP contribution >= 0.6 is 22.6 Å². The van der Waals surface area contributed by atoms with E-state index < -0.39 is 0 Å². The summed E-state index contributed by atoms with van der Waals surface area (Å²) in [5.74, 6) is 2.14. The van der Waals surface area contributed by atoms with Crippen molar-refractivity contribution in [3.8, 4) is 23.0 Å². The number of hydrogen-bond acceptors (Lipinski definition) is 6. The van der Waals surface area contributed by atoms with Crippen molar-refractivity contribution in [1.82, 2.24) is 5.43 Å². The largest absolute Gasteiger partial charge is 0.493 e. The van der Waals surface area contributed by atoms with E-state index in [9.17, 15) is 4.79 Å². The van der Waals surface area contributed by atoms with Crippen LogP contribution in [-0.2, 0) is 0 Å². The number of nitrogens with one attached hydrogen (secondary N) is 1. The lowest BCUT2D eigenvalue weighted by Gasteiger charge is -2.13. The fourth-order valence-corrected chi connectivity index (χ4v) is 3.42. The Labute approximate surface area is 197 Å². The Hall–Kier alpha value is -2.49. The second-order valence-electron chi connectivity index (χ2n) is 6.52. The molecule has 0 aromatic heterocycles. The van der Waals surface area contributed by atoms with Gasteiger partial charge in [0.1, 0.15) is 0 Å². The number of halogens is 1. The molecule has 0 bridgehead atoms. The molecule has 0 radical (unpaired) electrons. The van der Waals surface area contributed by atoms with Crippen LogP contribution in [0.2, 0.25) is 0 Å². The molecule has 2 aromatic carbocycles. The van der Waals surface area contributed by atoms with Gasteiger partial charge in [-0.3, -0.25) is 4.79 Å². The summed E-state index contributed by atoms with van der Waals surface area (Å²) in [6, 6.07) is 8.81. The van der Waals surface area contributed by atoms with E-state index in [0.717, 1.165) is 22.0 Å². The molecule has 168 valence electrons. The summed E-state index contributed by atoms with van der Waals surface area (Å²) >= 11 is 2.19. The van der Waals surface area contributed by atoms with Gasteiger partial charge in [-0.15, -0.1) is 0 Å². The number of hydrazone groups is 1. The van der Waals surface area contributed by atoms with Gasteiger partial charge in [0.2, 0.25) is 0 Å². The smallest absolute Gasteiger partial charge is 0.271 e. The Morgan fingerprint density at radius 1 is 1.00 bits per heavy atom. The lowest BCUT2D eigenvalue weighted by atomic mass is 10.2. The van der Waals surface area contributed by atoms with Crippen molar-refractivity contribution in [2.45, 2.75) is 33.6 Å². The predicted octanol–water partition coefficient (Wildman–Crippen LogP) is 5.04. The molecular formula is C23H29IN2O5. The Balaban J connectivity index is 2.11. The van der Waals surface area contributed by atoms with Crippen LogP contribution in [0.25, 0.3) is 0 Å². The third kappa shape index (κ3) is 7.30. The van der Waals surface area contributed by atoms with Crippen molar-refractivity contribution in [3.63, 3.8) is 0 Å². The van der Waals surface area contributed by atoms with Crippen LogP contribution in [0.1, 0.15) is 49.5 Å². The quantitative estimate of drug-likeness (QED) is 0.232. The Kier molecular flexibility index (Phi) is 10.4. The molecule has 0 heterocycles. The summed E-state index contributed by atoms with van der Waals surface area (Å²) < 4.78 is 23.4. The molecule has 1 N–H and O–H groups in total. The molecule has 0 atom stereocenters. The molecule has 0 saturated carbocycles. The van der Waals surface area contributed by atoms with E-state index in [4.69, 9.17) is 18.9 Å². The molecule has 0 spiro atoms. The minimum Gasteiger partial charge on any atom is -0.493 e. The zero-order valence-corrected chi connectivity index (χ0v) is 20.5. The zero-order chi connectivity index (χ0) is 22.6. The molecule has 2 aromatic rings. The third-order valence-electron chi connectivity index (χ3n) is 4.05. The van der Waals surface area contributed by atoms with Crippen LogP contribution in [0.15, 0.2) is 35.4 Å². The van der Waals surface area contributed by atoms with Crippen LogP contribution in [0.4, 0.5) is 0 Å². The molecule has 0 saturated heterocycles. The zero-order valence-electron chi connectivity index (χ0n) is 18.4. The number of amides is 1. The maximum atomic E-state index is 12.5. The highest BCUT2D eigenvalue weighted by Crippen LogP contribution is 2.33. The highest BCUT2D eigenvalue weighted by molar-refractivity contribution is 14.1. The van der Waals surface area contributed by atoms with E-state index >= 15 is 0 Å². The fourth-order valence-electron chi connectivity index (χ4n) is 2.64. The summed E-state index contributed by atoms with van der Waals surface area (Å²) in [7, 11) is 1.59. The molecule has 2 rings (SSSR count). The van der Waals surface area contributed by atoms with Crippen molar-refractivity contribution in [2.75, 3.05) is 26.9 Å². The SMILES string of the molecule is CCCOc1ccc(C(=O)N/N=C/c2cc(I)c(OCCC)c(OC)c2)cc1OCC. The summed E-state index contributed by atoms with van der Waals surface area (Å²) in [6.45, 7) is 7.63. The molecule has 1 amide bonds. The van der Waals surface area contributed by atoms with Gasteiger partial charge in [-0.25, -0.2) is 5.43 Å². The van der Waals surface area contributed by atoms with Crippen LogP contribution in [-0.4, -0.2) is 39.1 Å². The summed E-state index contributed by atoms with van der Waals surface area (Å²) in [5.41, 5.74) is 3.76. The van der Waals surface area contributed by atoms with Crippen molar-refractivity contribution >= 4 is 34.7 Å². The van der Waals surface area contributed by atoms with Crippen molar-refractivity contribution in [3.05, 3.63) is 45.0 Å². The van der Waals surface area contributed by atoms with Gasteiger partial charge >= 0.3 is 0 Å². The third-order valence-corrected chi connectivity index (χ3v) is 4.85. The van der Waals surface area contributed by atoms with Crippen molar-refractivity contribution in [1.29, 1.82) is 0 Å². The number of carbonyl (C=O) groups excluding carboxylic acids is 1. The number of rotatable bonds is 12. The van der Waals surface area contributed by atoms with Gasteiger partial charge in [0.25, 0.3) is 5.91 Å². The van der Waals surface area contributed by atoms with E-state index in [-0.39, 0.29) is 5.91 Å². The molecule has 31 heavy (non-hydrogen) atoms. The molecule has 0 aliphatic heterocycles. The molecule has 0 aliphatic carbocycles. The highest BCUT2D eigenvalue weighted by atomic mass is 127. The number of methoxy groups -OCH3 is 1. The first-order valence-corrected chi connectivity index (χ1v) is 11.3. The summed E-state index contributed by atoms with van der Waals surface area (Å²) in [5, 5.41) is 4.08. The normalized spacial score (nSPS) is 10.7. The van der Waals surface area contributed by atoms with E-state index in [0.29, 0.717) is 48.4 Å². The topological polar surface area (TPSA) is 78.4 Å². The number of ether oxygens (including phenoxy) is 4. The summed E-state index contributed by atoms with van der Waals surface area (Å²) in [4.78, 5) is 12.5. The second kappa shape index (κ2) is 13.0. The maximum Gasteiger partial charge on any atom is 0.271 e. The van der Waals surface area contributed by atoms with Gasteiger partial charge in [0.15, 0.2) is 23.0 Å². The number of hydrogen-bond donors (Lipinski definition) is 1. The molecule has 0 unspecified atom stereocenters. The van der Waals surface area contributed by atoms with Gasteiger partial charge in [0.05, 0.1) is 36.7 Å². The first-order chi connectivity index (χ1) is 15.0. The number of nitrogens with zero attached hydrogens (tertiary/aromatic N) is 1. The summed E-state index contributed by atoms with van der Waals surface area (Å²) in [6.07, 6.45) is 3.36. The van der Waals surface area contributed by atoms with E-state index in [2.05, 4.69) is 33.1 Å².